The maximum Gasteiger partial charge on any atom is 0.0991 e. The summed E-state index contributed by atoms with van der Waals surface area (Å²) in [7, 11) is 0. The largest absolute Gasteiger partial charge is 0.310 e. The molecule has 216 valence electrons. The first kappa shape index (κ1) is 26.5. The molecule has 0 unspecified atom stereocenters. The van der Waals surface area contributed by atoms with Crippen molar-refractivity contribution in [1.82, 2.24) is 0 Å². The van der Waals surface area contributed by atoms with E-state index in [4.69, 9.17) is 0 Å². The number of nitrogens with zero attached hydrogens (tertiary/aromatic N) is 2. The van der Waals surface area contributed by atoms with Crippen molar-refractivity contribution in [2.75, 3.05) is 4.90 Å². The molecule has 1 aliphatic carbocycles. The third kappa shape index (κ3) is 3.89. The minimum atomic E-state index is -0.199. The second-order valence-electron chi connectivity index (χ2n) is 13.0. The Kier molecular flexibility index (Phi) is 5.64. The van der Waals surface area contributed by atoms with Crippen molar-refractivity contribution < 1.29 is 0 Å². The van der Waals surface area contributed by atoms with Crippen LogP contribution in [0.1, 0.15) is 30.5 Å². The van der Waals surface area contributed by atoms with Crippen molar-refractivity contribution in [2.45, 2.75) is 19.3 Å². The van der Waals surface area contributed by atoms with Gasteiger partial charge in [-0.3, -0.25) is 0 Å². The van der Waals surface area contributed by atoms with Gasteiger partial charge in [-0.2, -0.15) is 5.26 Å². The maximum atomic E-state index is 9.50. The van der Waals surface area contributed by atoms with E-state index in [2.05, 4.69) is 158 Å². The Bertz CT molecular complexity index is 2500. The lowest BCUT2D eigenvalue weighted by Gasteiger charge is -2.28. The first-order chi connectivity index (χ1) is 22.5. The van der Waals surface area contributed by atoms with Gasteiger partial charge < -0.3 is 4.90 Å². The summed E-state index contributed by atoms with van der Waals surface area (Å²) in [4.78, 5) is 2.38. The number of hydrogen-bond donors (Lipinski definition) is 0. The van der Waals surface area contributed by atoms with Gasteiger partial charge in [0, 0.05) is 22.5 Å². The molecule has 2 heteroatoms. The molecule has 0 aromatic heterocycles. The Hall–Kier alpha value is -5.91. The monoisotopic (exact) mass is 586 g/mol. The normalized spacial score (nSPS) is 13.2. The Morgan fingerprint density at radius 3 is 1.43 bits per heavy atom. The van der Waals surface area contributed by atoms with Crippen LogP contribution in [0.3, 0.4) is 0 Å². The van der Waals surface area contributed by atoms with Gasteiger partial charge in [-0.05, 0) is 114 Å². The van der Waals surface area contributed by atoms with Crippen LogP contribution >= 0.6 is 0 Å². The van der Waals surface area contributed by atoms with E-state index in [-0.39, 0.29) is 5.41 Å². The zero-order valence-electron chi connectivity index (χ0n) is 25.8. The number of nitriles is 1. The van der Waals surface area contributed by atoms with Crippen LogP contribution in [0, 0.1) is 11.3 Å². The average Bonchev–Trinajstić information content (AvgIpc) is 3.34. The van der Waals surface area contributed by atoms with E-state index in [0.717, 1.165) is 22.4 Å². The van der Waals surface area contributed by atoms with Gasteiger partial charge in [0.05, 0.1) is 11.6 Å². The molecule has 8 aromatic rings. The second-order valence-corrected chi connectivity index (χ2v) is 13.0. The fraction of sp³-hybridized carbons (Fsp3) is 0.0682. The van der Waals surface area contributed by atoms with E-state index in [1.165, 1.54) is 60.0 Å². The van der Waals surface area contributed by atoms with Crippen molar-refractivity contribution in [3.63, 3.8) is 0 Å². The van der Waals surface area contributed by atoms with Gasteiger partial charge in [0.25, 0.3) is 0 Å². The minimum Gasteiger partial charge on any atom is -0.310 e. The van der Waals surface area contributed by atoms with E-state index in [0.29, 0.717) is 5.56 Å². The topological polar surface area (TPSA) is 27.0 Å². The molecule has 0 radical (unpaired) electrons. The highest BCUT2D eigenvalue weighted by Gasteiger charge is 2.38. The van der Waals surface area contributed by atoms with Gasteiger partial charge in [-0.1, -0.05) is 111 Å². The van der Waals surface area contributed by atoms with Crippen molar-refractivity contribution in [1.29, 1.82) is 5.26 Å². The van der Waals surface area contributed by atoms with Gasteiger partial charge >= 0.3 is 0 Å². The van der Waals surface area contributed by atoms with Crippen LogP contribution in [0.5, 0.6) is 0 Å². The molecule has 0 N–H and O–H groups in total. The molecule has 9 rings (SSSR count). The third-order valence-corrected chi connectivity index (χ3v) is 9.93. The molecule has 0 saturated heterocycles. The van der Waals surface area contributed by atoms with Crippen LogP contribution in [0.4, 0.5) is 17.1 Å². The highest BCUT2D eigenvalue weighted by atomic mass is 15.1. The Balaban J connectivity index is 1.23. The van der Waals surface area contributed by atoms with Crippen molar-refractivity contribution in [2.24, 2.45) is 0 Å². The van der Waals surface area contributed by atoms with Crippen molar-refractivity contribution in [3.05, 3.63) is 162 Å². The number of anilines is 3. The molecule has 0 fully saturated rings. The summed E-state index contributed by atoms with van der Waals surface area (Å²) >= 11 is 0. The van der Waals surface area contributed by atoms with Gasteiger partial charge in [-0.25, -0.2) is 0 Å². The van der Waals surface area contributed by atoms with E-state index >= 15 is 0 Å². The summed E-state index contributed by atoms with van der Waals surface area (Å²) in [6, 6.07) is 54.9. The molecule has 0 bridgehead atoms. The first-order valence-corrected chi connectivity index (χ1v) is 15.8. The summed E-state index contributed by atoms with van der Waals surface area (Å²) < 4.78 is 0. The molecule has 46 heavy (non-hydrogen) atoms. The second kappa shape index (κ2) is 9.80. The van der Waals surface area contributed by atoms with E-state index < -0.39 is 0 Å². The number of benzene rings is 8. The first-order valence-electron chi connectivity index (χ1n) is 15.8. The summed E-state index contributed by atoms with van der Waals surface area (Å²) in [5.74, 6) is 0. The fourth-order valence-corrected chi connectivity index (χ4v) is 7.86. The number of rotatable bonds is 3. The fourth-order valence-electron chi connectivity index (χ4n) is 7.86. The Labute approximate surface area is 268 Å². The zero-order valence-corrected chi connectivity index (χ0v) is 25.8. The van der Waals surface area contributed by atoms with Crippen LogP contribution < -0.4 is 4.90 Å². The van der Waals surface area contributed by atoms with Crippen LogP contribution in [-0.4, -0.2) is 0 Å². The van der Waals surface area contributed by atoms with E-state index in [9.17, 15) is 5.26 Å². The van der Waals surface area contributed by atoms with Gasteiger partial charge in [0.1, 0.15) is 0 Å². The predicted molar refractivity (Wildman–Crippen MR) is 193 cm³/mol. The van der Waals surface area contributed by atoms with Gasteiger partial charge in [0.15, 0.2) is 0 Å². The lowest BCUT2D eigenvalue weighted by molar-refractivity contribution is 0.672. The molecule has 0 spiro atoms. The summed E-state index contributed by atoms with van der Waals surface area (Å²) in [5.41, 5.74) is 9.18. The standard InChI is InChI=1S/C44H30N2/c1-44(2)42-38-19-11-28(27-45)23-33(38)14-20-40(42)41-21-15-34-26-37(18-22-39(34)43(41)44)46(35-16-12-29-7-3-5-9-31(29)24-35)36-17-13-30-8-4-6-10-32(30)25-36/h3-26H,1-2H3. The molecule has 2 nitrogen and oxygen atoms in total. The molecule has 0 amide bonds. The lowest BCUT2D eigenvalue weighted by atomic mass is 9.78. The van der Waals surface area contributed by atoms with Crippen molar-refractivity contribution in [3.8, 4) is 17.2 Å². The van der Waals surface area contributed by atoms with Crippen LogP contribution in [0.25, 0.3) is 54.2 Å². The molecule has 0 saturated carbocycles. The van der Waals surface area contributed by atoms with Crippen LogP contribution in [-0.2, 0) is 5.41 Å². The molecule has 0 heterocycles. The van der Waals surface area contributed by atoms with Gasteiger partial charge in [0.2, 0.25) is 0 Å². The van der Waals surface area contributed by atoms with Crippen molar-refractivity contribution >= 4 is 60.2 Å². The molecule has 8 aromatic carbocycles. The van der Waals surface area contributed by atoms with E-state index in [1.54, 1.807) is 0 Å². The zero-order chi connectivity index (χ0) is 31.0. The summed E-state index contributed by atoms with van der Waals surface area (Å²) in [5, 5.41) is 19.2. The smallest absolute Gasteiger partial charge is 0.0991 e. The highest BCUT2D eigenvalue weighted by Crippen LogP contribution is 2.54. The summed E-state index contributed by atoms with van der Waals surface area (Å²) in [6.45, 7) is 4.69. The Morgan fingerprint density at radius 1 is 0.457 bits per heavy atom. The molecule has 1 aliphatic rings. The molecule has 0 atom stereocenters. The van der Waals surface area contributed by atoms with Gasteiger partial charge in [-0.15, -0.1) is 0 Å². The molecule has 0 aliphatic heterocycles. The quantitative estimate of drug-likeness (QED) is 0.206. The van der Waals surface area contributed by atoms with Crippen LogP contribution in [0.2, 0.25) is 0 Å². The predicted octanol–water partition coefficient (Wildman–Crippen LogP) is 11.9. The Morgan fingerprint density at radius 2 is 0.891 bits per heavy atom. The number of fused-ring (bicyclic) bond motifs is 9. The third-order valence-electron chi connectivity index (χ3n) is 9.93. The maximum absolute atomic E-state index is 9.50. The molecular formula is C44H30N2. The van der Waals surface area contributed by atoms with E-state index in [1.807, 2.05) is 12.1 Å². The SMILES string of the molecule is CC1(C)c2c(ccc3cc(C#N)ccc23)-c2ccc3cc(N(c4ccc5ccccc5c4)c4ccc5ccccc5c4)ccc3c21. The van der Waals surface area contributed by atoms with Crippen LogP contribution in [0.15, 0.2) is 146 Å². The minimum absolute atomic E-state index is 0.199. The highest BCUT2D eigenvalue weighted by molar-refractivity contribution is 6.05. The molecular weight excluding hydrogens is 556 g/mol. The number of hydrogen-bond acceptors (Lipinski definition) is 2. The lowest BCUT2D eigenvalue weighted by Crippen LogP contribution is -2.16. The summed E-state index contributed by atoms with van der Waals surface area (Å²) in [6.07, 6.45) is 0. The average molecular weight is 587 g/mol.